The second-order valence-corrected chi connectivity index (χ2v) is 4.18. The van der Waals surface area contributed by atoms with Crippen LogP contribution in [0.3, 0.4) is 0 Å². The van der Waals surface area contributed by atoms with Gasteiger partial charge in [-0.1, -0.05) is 19.3 Å². The molecular formula is C11H18N4. The first-order chi connectivity index (χ1) is 7.27. The van der Waals surface area contributed by atoms with E-state index >= 15 is 0 Å². The largest absolute Gasteiger partial charge is 0.384 e. The van der Waals surface area contributed by atoms with Gasteiger partial charge in [-0.3, -0.25) is 0 Å². The topological polar surface area (TPSA) is 55.0 Å². The van der Waals surface area contributed by atoms with Gasteiger partial charge in [0.2, 0.25) is 5.95 Å². The summed E-state index contributed by atoms with van der Waals surface area (Å²) in [5, 5.41) is 0. The number of hydrogen-bond acceptors (Lipinski definition) is 4. The SMILES string of the molecule is CN(c1nccc(N)n1)C1CCCCC1. The second kappa shape index (κ2) is 4.47. The minimum atomic E-state index is 0.544. The van der Waals surface area contributed by atoms with E-state index in [2.05, 4.69) is 21.9 Å². The number of hydrogen-bond donors (Lipinski definition) is 1. The zero-order valence-electron chi connectivity index (χ0n) is 9.19. The highest BCUT2D eigenvalue weighted by atomic mass is 15.3. The van der Waals surface area contributed by atoms with Crippen molar-refractivity contribution < 1.29 is 0 Å². The average Bonchev–Trinajstić information content (AvgIpc) is 2.29. The Bertz CT molecular complexity index is 320. The van der Waals surface area contributed by atoms with Crippen LogP contribution >= 0.6 is 0 Å². The lowest BCUT2D eigenvalue weighted by atomic mass is 9.95. The molecule has 0 radical (unpaired) electrons. The standard InChI is InChI=1S/C11H18N4/c1-15(9-5-3-2-4-6-9)11-13-8-7-10(12)14-11/h7-9H,2-6H2,1H3,(H2,12,13,14). The lowest BCUT2D eigenvalue weighted by Gasteiger charge is -2.31. The molecule has 4 heteroatoms. The van der Waals surface area contributed by atoms with Crippen LogP contribution in [-0.2, 0) is 0 Å². The van der Waals surface area contributed by atoms with Crippen molar-refractivity contribution in [1.29, 1.82) is 0 Å². The van der Waals surface area contributed by atoms with E-state index in [9.17, 15) is 0 Å². The van der Waals surface area contributed by atoms with Gasteiger partial charge in [0, 0.05) is 19.3 Å². The molecule has 2 N–H and O–H groups in total. The van der Waals surface area contributed by atoms with Gasteiger partial charge in [0.25, 0.3) is 0 Å². The van der Waals surface area contributed by atoms with Crippen molar-refractivity contribution in [1.82, 2.24) is 9.97 Å². The van der Waals surface area contributed by atoms with Gasteiger partial charge in [-0.25, -0.2) is 4.98 Å². The fourth-order valence-corrected chi connectivity index (χ4v) is 2.16. The molecule has 0 aliphatic heterocycles. The number of nitrogens with zero attached hydrogens (tertiary/aromatic N) is 3. The Morgan fingerprint density at radius 3 is 2.73 bits per heavy atom. The predicted octanol–water partition coefficient (Wildman–Crippen LogP) is 1.83. The van der Waals surface area contributed by atoms with Gasteiger partial charge >= 0.3 is 0 Å². The quantitative estimate of drug-likeness (QED) is 0.802. The fourth-order valence-electron chi connectivity index (χ4n) is 2.16. The summed E-state index contributed by atoms with van der Waals surface area (Å²) in [6, 6.07) is 2.30. The Labute approximate surface area is 90.5 Å². The summed E-state index contributed by atoms with van der Waals surface area (Å²) >= 11 is 0. The van der Waals surface area contributed by atoms with E-state index in [0.29, 0.717) is 11.9 Å². The number of nitrogen functional groups attached to an aromatic ring is 1. The zero-order chi connectivity index (χ0) is 10.7. The van der Waals surface area contributed by atoms with E-state index in [-0.39, 0.29) is 0 Å². The van der Waals surface area contributed by atoms with Crippen molar-refractivity contribution in [3.8, 4) is 0 Å². The average molecular weight is 206 g/mol. The van der Waals surface area contributed by atoms with Crippen LogP contribution in [0.15, 0.2) is 12.3 Å². The highest BCUT2D eigenvalue weighted by Crippen LogP contribution is 2.24. The third-order valence-electron chi connectivity index (χ3n) is 3.10. The molecule has 0 unspecified atom stereocenters. The molecule has 1 aliphatic carbocycles. The van der Waals surface area contributed by atoms with Crippen molar-refractivity contribution in [2.45, 2.75) is 38.1 Å². The van der Waals surface area contributed by atoms with Gasteiger partial charge in [-0.05, 0) is 18.9 Å². The van der Waals surface area contributed by atoms with Crippen LogP contribution in [0.25, 0.3) is 0 Å². The summed E-state index contributed by atoms with van der Waals surface area (Å²) in [5.74, 6) is 1.30. The van der Waals surface area contributed by atoms with Crippen molar-refractivity contribution in [3.63, 3.8) is 0 Å². The summed E-state index contributed by atoms with van der Waals surface area (Å²) < 4.78 is 0. The number of rotatable bonds is 2. The van der Waals surface area contributed by atoms with Crippen LogP contribution in [-0.4, -0.2) is 23.1 Å². The van der Waals surface area contributed by atoms with Crippen molar-refractivity contribution in [2.24, 2.45) is 0 Å². The van der Waals surface area contributed by atoms with Crippen LogP contribution in [0.5, 0.6) is 0 Å². The molecular weight excluding hydrogens is 188 g/mol. The zero-order valence-corrected chi connectivity index (χ0v) is 9.19. The Morgan fingerprint density at radius 2 is 2.07 bits per heavy atom. The molecule has 0 aromatic carbocycles. The summed E-state index contributed by atoms with van der Waals surface area (Å²) in [7, 11) is 2.06. The van der Waals surface area contributed by atoms with Crippen LogP contribution < -0.4 is 10.6 Å². The second-order valence-electron chi connectivity index (χ2n) is 4.18. The maximum absolute atomic E-state index is 5.65. The molecule has 0 atom stereocenters. The maximum atomic E-state index is 5.65. The minimum absolute atomic E-state index is 0.544. The molecule has 1 saturated carbocycles. The molecule has 82 valence electrons. The molecule has 0 amide bonds. The molecule has 1 aromatic heterocycles. The molecule has 15 heavy (non-hydrogen) atoms. The third-order valence-corrected chi connectivity index (χ3v) is 3.10. The number of nitrogens with two attached hydrogens (primary N) is 1. The maximum Gasteiger partial charge on any atom is 0.227 e. The van der Waals surface area contributed by atoms with Gasteiger partial charge in [0.15, 0.2) is 0 Å². The van der Waals surface area contributed by atoms with Gasteiger partial charge in [-0.15, -0.1) is 0 Å². The van der Waals surface area contributed by atoms with Crippen molar-refractivity contribution in [3.05, 3.63) is 12.3 Å². The lowest BCUT2D eigenvalue weighted by Crippen LogP contribution is -2.34. The molecule has 0 bridgehead atoms. The first kappa shape index (κ1) is 10.2. The molecule has 0 spiro atoms. The Hall–Kier alpha value is -1.32. The van der Waals surface area contributed by atoms with Crippen LogP contribution in [0.2, 0.25) is 0 Å². The first-order valence-electron chi connectivity index (χ1n) is 5.59. The fraction of sp³-hybridized carbons (Fsp3) is 0.636. The molecule has 2 rings (SSSR count). The van der Waals surface area contributed by atoms with Crippen LogP contribution in [0.1, 0.15) is 32.1 Å². The third kappa shape index (κ3) is 2.37. The van der Waals surface area contributed by atoms with Crippen molar-refractivity contribution in [2.75, 3.05) is 17.7 Å². The van der Waals surface area contributed by atoms with E-state index in [0.717, 1.165) is 5.95 Å². The van der Waals surface area contributed by atoms with Crippen LogP contribution in [0.4, 0.5) is 11.8 Å². The van der Waals surface area contributed by atoms with E-state index in [1.165, 1.54) is 32.1 Å². The molecule has 4 nitrogen and oxygen atoms in total. The summed E-state index contributed by atoms with van der Waals surface area (Å²) in [6.45, 7) is 0. The molecule has 1 aliphatic rings. The monoisotopic (exact) mass is 206 g/mol. The van der Waals surface area contributed by atoms with Gasteiger partial charge < -0.3 is 10.6 Å². The summed E-state index contributed by atoms with van der Waals surface area (Å²) in [4.78, 5) is 10.7. The molecule has 0 saturated heterocycles. The highest BCUT2D eigenvalue weighted by Gasteiger charge is 2.19. The normalized spacial score (nSPS) is 17.7. The summed E-state index contributed by atoms with van der Waals surface area (Å²) in [5.41, 5.74) is 5.65. The van der Waals surface area contributed by atoms with E-state index in [4.69, 9.17) is 5.73 Å². The predicted molar refractivity (Wildman–Crippen MR) is 61.7 cm³/mol. The number of anilines is 2. The minimum Gasteiger partial charge on any atom is -0.384 e. The van der Waals surface area contributed by atoms with Crippen LogP contribution in [0, 0.1) is 0 Å². The van der Waals surface area contributed by atoms with E-state index in [1.54, 1.807) is 12.3 Å². The molecule has 1 fully saturated rings. The van der Waals surface area contributed by atoms with Gasteiger partial charge in [0.05, 0.1) is 0 Å². The smallest absolute Gasteiger partial charge is 0.227 e. The first-order valence-corrected chi connectivity index (χ1v) is 5.59. The van der Waals surface area contributed by atoms with E-state index < -0.39 is 0 Å². The Balaban J connectivity index is 2.08. The molecule has 1 aromatic rings. The van der Waals surface area contributed by atoms with Crippen molar-refractivity contribution >= 4 is 11.8 Å². The highest BCUT2D eigenvalue weighted by molar-refractivity contribution is 5.37. The Kier molecular flexibility index (Phi) is 3.04. The Morgan fingerprint density at radius 1 is 1.33 bits per heavy atom. The lowest BCUT2D eigenvalue weighted by molar-refractivity contribution is 0.424. The summed E-state index contributed by atoms with van der Waals surface area (Å²) in [6.07, 6.45) is 8.21. The molecule has 1 heterocycles. The van der Waals surface area contributed by atoms with Gasteiger partial charge in [0.1, 0.15) is 5.82 Å². The number of aromatic nitrogens is 2. The van der Waals surface area contributed by atoms with E-state index in [1.807, 2.05) is 0 Å². The van der Waals surface area contributed by atoms with Gasteiger partial charge in [-0.2, -0.15) is 4.98 Å².